The lowest BCUT2D eigenvalue weighted by atomic mass is 10.1. The van der Waals surface area contributed by atoms with E-state index in [0.29, 0.717) is 12.2 Å². The summed E-state index contributed by atoms with van der Waals surface area (Å²) in [5.41, 5.74) is 1.51. The van der Waals surface area contributed by atoms with Gasteiger partial charge in [0, 0.05) is 18.2 Å². The summed E-state index contributed by atoms with van der Waals surface area (Å²) in [5, 5.41) is 0. The number of ketones is 1. The van der Waals surface area contributed by atoms with E-state index >= 15 is 0 Å². The fourth-order valence-corrected chi connectivity index (χ4v) is 2.27. The van der Waals surface area contributed by atoms with Crippen LogP contribution in [0.4, 0.5) is 4.39 Å². The third-order valence-corrected chi connectivity index (χ3v) is 3.66. The predicted octanol–water partition coefficient (Wildman–Crippen LogP) is 5.34. The molecule has 0 spiro atoms. The van der Waals surface area contributed by atoms with E-state index in [2.05, 4.69) is 11.9 Å². The van der Waals surface area contributed by atoms with Crippen LogP contribution in [0.1, 0.15) is 55.5 Å². The van der Waals surface area contributed by atoms with Crippen LogP contribution in [0.25, 0.3) is 0 Å². The van der Waals surface area contributed by atoms with Crippen molar-refractivity contribution in [2.24, 2.45) is 0 Å². The number of ether oxygens (including phenoxy) is 1. The highest BCUT2D eigenvalue weighted by molar-refractivity contribution is 5.95. The van der Waals surface area contributed by atoms with E-state index in [1.54, 1.807) is 6.92 Å². The van der Waals surface area contributed by atoms with Gasteiger partial charge in [0.25, 0.3) is 5.88 Å². The van der Waals surface area contributed by atoms with Gasteiger partial charge >= 0.3 is 0 Å². The number of carbonyl (C=O) groups excluding carboxylic acids is 1. The third-order valence-electron chi connectivity index (χ3n) is 3.66. The zero-order valence-corrected chi connectivity index (χ0v) is 13.6. The van der Waals surface area contributed by atoms with Crippen LogP contribution < -0.4 is 4.74 Å². The van der Waals surface area contributed by atoms with E-state index in [1.165, 1.54) is 37.1 Å². The van der Waals surface area contributed by atoms with E-state index in [-0.39, 0.29) is 17.2 Å². The molecule has 0 fully saturated rings. The summed E-state index contributed by atoms with van der Waals surface area (Å²) in [6.07, 6.45) is 6.29. The molecule has 1 heterocycles. The highest BCUT2D eigenvalue weighted by Gasteiger charge is 2.11. The topological polar surface area (TPSA) is 39.2 Å². The summed E-state index contributed by atoms with van der Waals surface area (Å²) in [6.45, 7) is 3.91. The number of aromatic nitrogens is 1. The first-order chi connectivity index (χ1) is 11.1. The Hall–Kier alpha value is -2.23. The molecular formula is C19H22FNO2. The zero-order valence-electron chi connectivity index (χ0n) is 13.6. The summed E-state index contributed by atoms with van der Waals surface area (Å²) < 4.78 is 19.4. The van der Waals surface area contributed by atoms with E-state index in [4.69, 9.17) is 4.74 Å². The number of rotatable bonds is 8. The summed E-state index contributed by atoms with van der Waals surface area (Å²) in [7, 11) is 0. The van der Waals surface area contributed by atoms with Gasteiger partial charge in [0.2, 0.25) is 0 Å². The second-order valence-electron chi connectivity index (χ2n) is 5.49. The Balaban J connectivity index is 2.03. The molecule has 3 nitrogen and oxygen atoms in total. The monoisotopic (exact) mass is 315 g/mol. The van der Waals surface area contributed by atoms with Crippen molar-refractivity contribution in [3.63, 3.8) is 0 Å². The number of pyridine rings is 1. The van der Waals surface area contributed by atoms with Crippen molar-refractivity contribution in [1.29, 1.82) is 0 Å². The minimum Gasteiger partial charge on any atom is -0.436 e. The Morgan fingerprint density at radius 3 is 2.52 bits per heavy atom. The van der Waals surface area contributed by atoms with Crippen molar-refractivity contribution in [1.82, 2.24) is 4.98 Å². The largest absolute Gasteiger partial charge is 0.436 e. The summed E-state index contributed by atoms with van der Waals surface area (Å²) in [4.78, 5) is 15.4. The van der Waals surface area contributed by atoms with Crippen molar-refractivity contribution in [2.75, 3.05) is 0 Å². The normalized spacial score (nSPS) is 10.6. The quantitative estimate of drug-likeness (QED) is 0.487. The number of carbonyl (C=O) groups is 1. The molecule has 23 heavy (non-hydrogen) atoms. The van der Waals surface area contributed by atoms with E-state index in [1.807, 2.05) is 24.3 Å². The molecule has 0 aliphatic rings. The van der Waals surface area contributed by atoms with Crippen LogP contribution in [-0.4, -0.2) is 10.8 Å². The first-order valence-electron chi connectivity index (χ1n) is 8.09. The van der Waals surface area contributed by atoms with Gasteiger partial charge in [0.1, 0.15) is 5.75 Å². The van der Waals surface area contributed by atoms with Gasteiger partial charge in [-0.3, -0.25) is 4.79 Å². The maximum Gasteiger partial charge on any atom is 0.255 e. The molecule has 0 saturated heterocycles. The maximum absolute atomic E-state index is 14.0. The highest BCUT2D eigenvalue weighted by Crippen LogP contribution is 2.23. The Kier molecular flexibility index (Phi) is 6.27. The maximum atomic E-state index is 14.0. The zero-order chi connectivity index (χ0) is 16.7. The summed E-state index contributed by atoms with van der Waals surface area (Å²) in [5.74, 6) is -0.350. The molecule has 2 aromatic rings. The first kappa shape index (κ1) is 17.1. The van der Waals surface area contributed by atoms with Gasteiger partial charge in [-0.1, -0.05) is 38.8 Å². The van der Waals surface area contributed by atoms with Gasteiger partial charge in [-0.05, 0) is 36.6 Å². The molecule has 0 atom stereocenters. The Labute approximate surface area is 136 Å². The molecule has 0 N–H and O–H groups in total. The smallest absolute Gasteiger partial charge is 0.255 e. The molecule has 4 heteroatoms. The van der Waals surface area contributed by atoms with Gasteiger partial charge in [0.15, 0.2) is 11.6 Å². The van der Waals surface area contributed by atoms with Crippen LogP contribution in [0.5, 0.6) is 11.6 Å². The van der Waals surface area contributed by atoms with Gasteiger partial charge in [-0.15, -0.1) is 0 Å². The summed E-state index contributed by atoms with van der Waals surface area (Å²) >= 11 is 0. The Bertz CT molecular complexity index is 653. The molecule has 0 saturated carbocycles. The number of hydrogen-bond acceptors (Lipinski definition) is 3. The molecule has 122 valence electrons. The molecule has 1 aromatic carbocycles. The second-order valence-corrected chi connectivity index (χ2v) is 5.49. The number of aryl methyl sites for hydroxylation is 1. The first-order valence-corrected chi connectivity index (χ1v) is 8.09. The van der Waals surface area contributed by atoms with Crippen molar-refractivity contribution in [3.8, 4) is 11.6 Å². The van der Waals surface area contributed by atoms with E-state index in [0.717, 1.165) is 6.42 Å². The molecule has 0 radical (unpaired) electrons. The number of benzene rings is 1. The van der Waals surface area contributed by atoms with Crippen molar-refractivity contribution < 1.29 is 13.9 Å². The van der Waals surface area contributed by atoms with Crippen LogP contribution in [-0.2, 0) is 6.42 Å². The van der Waals surface area contributed by atoms with Gasteiger partial charge in [0.05, 0.1) is 0 Å². The van der Waals surface area contributed by atoms with Gasteiger partial charge in [-0.2, -0.15) is 0 Å². The molecular weight excluding hydrogens is 293 g/mol. The van der Waals surface area contributed by atoms with Crippen molar-refractivity contribution >= 4 is 5.78 Å². The highest BCUT2D eigenvalue weighted by atomic mass is 19.1. The second kappa shape index (κ2) is 8.42. The fraction of sp³-hybridized carbons (Fsp3) is 0.368. The molecule has 1 aromatic heterocycles. The van der Waals surface area contributed by atoms with Crippen molar-refractivity contribution in [2.45, 2.75) is 46.0 Å². The lowest BCUT2D eigenvalue weighted by Gasteiger charge is -2.08. The number of hydrogen-bond donors (Lipinski definition) is 0. The average molecular weight is 315 g/mol. The third kappa shape index (κ3) is 4.88. The lowest BCUT2D eigenvalue weighted by molar-refractivity contribution is 0.0987. The minimum absolute atomic E-state index is 0.114. The molecule has 0 bridgehead atoms. The molecule has 0 amide bonds. The fourth-order valence-electron chi connectivity index (χ4n) is 2.27. The molecule has 0 unspecified atom stereocenters. The minimum atomic E-state index is -0.628. The number of unbranched alkanes of at least 4 members (excludes halogenated alkanes) is 2. The average Bonchev–Trinajstić information content (AvgIpc) is 2.57. The van der Waals surface area contributed by atoms with E-state index in [9.17, 15) is 9.18 Å². The van der Waals surface area contributed by atoms with Gasteiger partial charge < -0.3 is 4.74 Å². The number of halogens is 1. The number of nitrogens with zero attached hydrogens (tertiary/aromatic N) is 1. The standard InChI is InChI=1S/C19H22FNO2/c1-3-5-6-7-14-8-10-16(11-9-14)23-19-17(20)12-15(13-21-19)18(22)4-2/h8-13H,3-7H2,1-2H3. The van der Waals surface area contributed by atoms with Crippen LogP contribution in [0.2, 0.25) is 0 Å². The van der Waals surface area contributed by atoms with E-state index < -0.39 is 5.82 Å². The molecule has 2 rings (SSSR count). The SMILES string of the molecule is CCCCCc1ccc(Oc2ncc(C(=O)CC)cc2F)cc1. The van der Waals surface area contributed by atoms with Gasteiger partial charge in [-0.25, -0.2) is 9.37 Å². The Morgan fingerprint density at radius 2 is 1.91 bits per heavy atom. The molecule has 0 aliphatic heterocycles. The van der Waals surface area contributed by atoms with Crippen LogP contribution in [0.3, 0.4) is 0 Å². The Morgan fingerprint density at radius 1 is 1.17 bits per heavy atom. The van der Waals surface area contributed by atoms with Crippen molar-refractivity contribution in [3.05, 3.63) is 53.5 Å². The van der Waals surface area contributed by atoms with Crippen LogP contribution in [0.15, 0.2) is 36.5 Å². The predicted molar refractivity (Wildman–Crippen MR) is 88.6 cm³/mol. The molecule has 0 aliphatic carbocycles. The lowest BCUT2D eigenvalue weighted by Crippen LogP contribution is -2.00. The van der Waals surface area contributed by atoms with Crippen LogP contribution >= 0.6 is 0 Å². The van der Waals surface area contributed by atoms with Crippen LogP contribution in [0, 0.1) is 5.82 Å². The number of Topliss-reactive ketones (excluding diaryl/α,β-unsaturated/α-hetero) is 1. The summed E-state index contributed by atoms with van der Waals surface area (Å²) in [6, 6.07) is 8.77.